The van der Waals surface area contributed by atoms with Crippen LogP contribution in [-0.2, 0) is 9.47 Å². The van der Waals surface area contributed by atoms with Gasteiger partial charge in [0.25, 0.3) is 0 Å². The van der Waals surface area contributed by atoms with Crippen molar-refractivity contribution in [2.24, 2.45) is 0 Å². The first-order valence-corrected chi connectivity index (χ1v) is 6.41. The van der Waals surface area contributed by atoms with Gasteiger partial charge in [-0.3, -0.25) is 0 Å². The summed E-state index contributed by atoms with van der Waals surface area (Å²) < 4.78 is 10.6. The summed E-state index contributed by atoms with van der Waals surface area (Å²) in [5.41, 5.74) is 0.404. The lowest BCUT2D eigenvalue weighted by molar-refractivity contribution is 0.0601. The topological polar surface area (TPSA) is 60.5 Å². The van der Waals surface area contributed by atoms with E-state index in [2.05, 4.69) is 26.2 Å². The number of pyridine rings is 1. The number of nitrogens with zero attached hydrogens (tertiary/aromatic N) is 1. The maximum atomic E-state index is 11.7. The van der Waals surface area contributed by atoms with Crippen LogP contribution in [0.2, 0.25) is 0 Å². The molecule has 1 rings (SSSR count). The predicted molar refractivity (Wildman–Crippen MR) is 72.9 cm³/mol. The molecule has 1 unspecified atom stereocenters. The summed E-state index contributed by atoms with van der Waals surface area (Å²) in [5.74, 6) is 0.0903. The number of esters is 1. The fourth-order valence-electron chi connectivity index (χ4n) is 1.48. The largest absolute Gasteiger partial charge is 0.465 e. The van der Waals surface area contributed by atoms with Gasteiger partial charge in [0, 0.05) is 17.8 Å². The van der Waals surface area contributed by atoms with Crippen molar-refractivity contribution in [3.63, 3.8) is 0 Å². The summed E-state index contributed by atoms with van der Waals surface area (Å²) in [6.45, 7) is 2.59. The van der Waals surface area contributed by atoms with Gasteiger partial charge in [0.1, 0.15) is 11.4 Å². The third-order valence-electron chi connectivity index (χ3n) is 2.46. The average Bonchev–Trinajstić information content (AvgIpc) is 2.39. The molecule has 1 N–H and O–H groups in total. The Morgan fingerprint density at radius 1 is 1.56 bits per heavy atom. The lowest BCUT2D eigenvalue weighted by atomic mass is 10.2. The molecule has 1 aromatic heterocycles. The third kappa shape index (κ3) is 3.96. The van der Waals surface area contributed by atoms with Crippen molar-refractivity contribution in [1.29, 1.82) is 0 Å². The molecular weight excluding hydrogens is 300 g/mol. The molecule has 1 aromatic rings. The fourth-order valence-corrected chi connectivity index (χ4v) is 1.81. The van der Waals surface area contributed by atoms with E-state index in [1.165, 1.54) is 7.11 Å². The number of aromatic nitrogens is 1. The molecule has 0 aliphatic rings. The molecule has 5 nitrogen and oxygen atoms in total. The van der Waals surface area contributed by atoms with E-state index < -0.39 is 5.97 Å². The Bertz CT molecular complexity index is 412. The maximum Gasteiger partial charge on any atom is 0.341 e. The molecule has 18 heavy (non-hydrogen) atoms. The molecule has 0 aromatic carbocycles. The van der Waals surface area contributed by atoms with Crippen LogP contribution in [0.25, 0.3) is 0 Å². The van der Waals surface area contributed by atoms with Crippen LogP contribution in [-0.4, -0.2) is 37.8 Å². The quantitative estimate of drug-likeness (QED) is 0.817. The number of hydrogen-bond acceptors (Lipinski definition) is 5. The highest BCUT2D eigenvalue weighted by Crippen LogP contribution is 2.20. The molecule has 0 spiro atoms. The second-order valence-electron chi connectivity index (χ2n) is 3.75. The van der Waals surface area contributed by atoms with Crippen molar-refractivity contribution in [2.75, 3.05) is 26.1 Å². The molecule has 0 fully saturated rings. The van der Waals surface area contributed by atoms with Crippen LogP contribution >= 0.6 is 15.9 Å². The van der Waals surface area contributed by atoms with Crippen LogP contribution in [0.3, 0.4) is 0 Å². The van der Waals surface area contributed by atoms with Gasteiger partial charge in [0.2, 0.25) is 0 Å². The van der Waals surface area contributed by atoms with Crippen LogP contribution in [0, 0.1) is 0 Å². The number of halogens is 1. The van der Waals surface area contributed by atoms with Crippen molar-refractivity contribution in [3.05, 3.63) is 22.3 Å². The molecule has 0 aliphatic heterocycles. The number of methoxy groups -OCH3 is 2. The van der Waals surface area contributed by atoms with Gasteiger partial charge in [-0.15, -0.1) is 0 Å². The number of rotatable bonds is 6. The van der Waals surface area contributed by atoms with Crippen LogP contribution in [0.1, 0.15) is 23.7 Å². The first-order valence-electron chi connectivity index (χ1n) is 5.61. The Kier molecular flexibility index (Phi) is 6.07. The highest BCUT2D eigenvalue weighted by Gasteiger charge is 2.16. The van der Waals surface area contributed by atoms with Gasteiger partial charge >= 0.3 is 5.97 Å². The van der Waals surface area contributed by atoms with Gasteiger partial charge in [-0.1, -0.05) is 6.92 Å². The fraction of sp³-hybridized carbons (Fsp3) is 0.500. The minimum absolute atomic E-state index is 0.104. The maximum absolute atomic E-state index is 11.7. The van der Waals surface area contributed by atoms with E-state index >= 15 is 0 Å². The first-order chi connectivity index (χ1) is 8.62. The highest BCUT2D eigenvalue weighted by molar-refractivity contribution is 9.10. The zero-order chi connectivity index (χ0) is 13.5. The Hall–Kier alpha value is -1.14. The van der Waals surface area contributed by atoms with Crippen LogP contribution in [0.15, 0.2) is 16.7 Å². The molecule has 1 atom stereocenters. The summed E-state index contributed by atoms with van der Waals surface area (Å²) in [5, 5.41) is 3.18. The van der Waals surface area contributed by atoms with E-state index in [1.54, 1.807) is 19.4 Å². The van der Waals surface area contributed by atoms with Crippen LogP contribution < -0.4 is 5.32 Å². The molecule has 0 radical (unpaired) electrons. The Morgan fingerprint density at radius 3 is 2.83 bits per heavy atom. The normalized spacial score (nSPS) is 12.0. The first kappa shape index (κ1) is 14.9. The molecule has 6 heteroatoms. The van der Waals surface area contributed by atoms with Crippen molar-refractivity contribution in [1.82, 2.24) is 4.98 Å². The second-order valence-corrected chi connectivity index (χ2v) is 4.66. The van der Waals surface area contributed by atoms with Crippen molar-refractivity contribution < 1.29 is 14.3 Å². The summed E-state index contributed by atoms with van der Waals surface area (Å²) in [4.78, 5) is 15.9. The minimum atomic E-state index is -0.418. The molecule has 0 saturated carbocycles. The van der Waals surface area contributed by atoms with E-state index in [0.717, 1.165) is 10.9 Å². The number of carbonyl (C=O) groups excluding carboxylic acids is 1. The lowest BCUT2D eigenvalue weighted by Gasteiger charge is -2.18. The standard InChI is InChI=1S/C12H17BrN2O3/c1-4-9(7-17-2)15-11-10(12(16)18-3)5-8(13)6-14-11/h5-6,9H,4,7H2,1-3H3,(H,14,15). The predicted octanol–water partition coefficient (Wildman–Crippen LogP) is 2.47. The molecule has 1 heterocycles. The van der Waals surface area contributed by atoms with Gasteiger partial charge in [-0.25, -0.2) is 9.78 Å². The molecule has 0 aliphatic carbocycles. The zero-order valence-corrected chi connectivity index (χ0v) is 12.3. The summed E-state index contributed by atoms with van der Waals surface area (Å²) in [7, 11) is 2.99. The number of hydrogen-bond donors (Lipinski definition) is 1. The smallest absolute Gasteiger partial charge is 0.341 e. The number of nitrogens with one attached hydrogen (secondary N) is 1. The Labute approximate surface area is 115 Å². The highest BCUT2D eigenvalue weighted by atomic mass is 79.9. The van der Waals surface area contributed by atoms with Crippen LogP contribution in [0.4, 0.5) is 5.82 Å². The summed E-state index contributed by atoms with van der Waals surface area (Å²) in [6, 6.07) is 1.79. The van der Waals surface area contributed by atoms with Crippen molar-refractivity contribution in [2.45, 2.75) is 19.4 Å². The van der Waals surface area contributed by atoms with Crippen molar-refractivity contribution in [3.8, 4) is 0 Å². The average molecular weight is 317 g/mol. The van der Waals surface area contributed by atoms with Crippen LogP contribution in [0.5, 0.6) is 0 Å². The SMILES string of the molecule is CCC(COC)Nc1ncc(Br)cc1C(=O)OC. The zero-order valence-electron chi connectivity index (χ0n) is 10.7. The van der Waals surface area contributed by atoms with Gasteiger partial charge in [-0.05, 0) is 28.4 Å². The number of ether oxygens (including phenoxy) is 2. The van der Waals surface area contributed by atoms with Gasteiger partial charge in [0.15, 0.2) is 0 Å². The Balaban J connectivity index is 2.96. The molecule has 0 saturated heterocycles. The molecule has 100 valence electrons. The van der Waals surface area contributed by atoms with Gasteiger partial charge in [-0.2, -0.15) is 0 Å². The summed E-state index contributed by atoms with van der Waals surface area (Å²) >= 11 is 3.29. The minimum Gasteiger partial charge on any atom is -0.465 e. The summed E-state index contributed by atoms with van der Waals surface area (Å²) in [6.07, 6.45) is 2.50. The second kappa shape index (κ2) is 7.33. The van der Waals surface area contributed by atoms with Gasteiger partial charge in [0.05, 0.1) is 19.8 Å². The molecular formula is C12H17BrN2O3. The molecule has 0 bridgehead atoms. The van der Waals surface area contributed by atoms with E-state index in [4.69, 9.17) is 9.47 Å². The van der Waals surface area contributed by atoms with E-state index in [1.807, 2.05) is 6.92 Å². The lowest BCUT2D eigenvalue weighted by Crippen LogP contribution is -2.26. The van der Waals surface area contributed by atoms with Gasteiger partial charge < -0.3 is 14.8 Å². The molecule has 0 amide bonds. The number of anilines is 1. The Morgan fingerprint density at radius 2 is 2.28 bits per heavy atom. The van der Waals surface area contributed by atoms with E-state index in [0.29, 0.717) is 18.0 Å². The third-order valence-corrected chi connectivity index (χ3v) is 2.89. The van der Waals surface area contributed by atoms with Crippen molar-refractivity contribution >= 4 is 27.7 Å². The monoisotopic (exact) mass is 316 g/mol. The number of carbonyl (C=O) groups is 1. The van der Waals surface area contributed by atoms with E-state index in [-0.39, 0.29) is 6.04 Å². The van der Waals surface area contributed by atoms with E-state index in [9.17, 15) is 4.79 Å².